The van der Waals surface area contributed by atoms with Gasteiger partial charge in [0.25, 0.3) is 0 Å². The van der Waals surface area contributed by atoms with Crippen LogP contribution in [-0.2, 0) is 6.54 Å². The lowest BCUT2D eigenvalue weighted by molar-refractivity contribution is 0.174. The molecular weight excluding hydrogens is 382 g/mol. The first-order chi connectivity index (χ1) is 15.1. The van der Waals surface area contributed by atoms with Gasteiger partial charge in [-0.3, -0.25) is 0 Å². The summed E-state index contributed by atoms with van der Waals surface area (Å²) in [5.41, 5.74) is 6.89. The van der Waals surface area contributed by atoms with E-state index in [1.54, 1.807) is 0 Å². The molecule has 3 atom stereocenters. The highest BCUT2D eigenvalue weighted by atomic mass is 16.7. The Labute approximate surface area is 185 Å². The van der Waals surface area contributed by atoms with Crippen LogP contribution in [0.1, 0.15) is 48.8 Å². The van der Waals surface area contributed by atoms with Gasteiger partial charge >= 0.3 is 0 Å². The molecule has 1 aliphatic carbocycles. The zero-order valence-electron chi connectivity index (χ0n) is 18.7. The molecular formula is C28H31NO2. The van der Waals surface area contributed by atoms with Gasteiger partial charge in [-0.15, -0.1) is 0 Å². The summed E-state index contributed by atoms with van der Waals surface area (Å²) in [6.45, 7) is 7.25. The van der Waals surface area contributed by atoms with Gasteiger partial charge in [-0.05, 0) is 77.7 Å². The van der Waals surface area contributed by atoms with Crippen molar-refractivity contribution in [2.45, 2.75) is 38.6 Å². The van der Waals surface area contributed by atoms with E-state index in [2.05, 4.69) is 86.5 Å². The van der Waals surface area contributed by atoms with Crippen LogP contribution in [0.3, 0.4) is 0 Å². The van der Waals surface area contributed by atoms with Crippen molar-refractivity contribution in [2.75, 3.05) is 20.4 Å². The molecule has 0 bridgehead atoms. The molecule has 1 aliphatic heterocycles. The lowest BCUT2D eigenvalue weighted by atomic mass is 9.87. The topological polar surface area (TPSA) is 21.7 Å². The number of nitrogens with zero attached hydrogens (tertiary/aromatic N) is 1. The Hall–Kier alpha value is -2.78. The highest BCUT2D eigenvalue weighted by Crippen LogP contribution is 2.49. The molecule has 31 heavy (non-hydrogen) atoms. The van der Waals surface area contributed by atoms with E-state index in [1.165, 1.54) is 34.2 Å². The lowest BCUT2D eigenvalue weighted by Gasteiger charge is -2.23. The van der Waals surface area contributed by atoms with Crippen LogP contribution in [0.5, 0.6) is 11.5 Å². The van der Waals surface area contributed by atoms with Crippen LogP contribution >= 0.6 is 0 Å². The molecule has 0 amide bonds. The summed E-state index contributed by atoms with van der Waals surface area (Å²) in [4.78, 5) is 2.45. The maximum atomic E-state index is 5.58. The molecule has 0 saturated carbocycles. The average molecular weight is 414 g/mol. The van der Waals surface area contributed by atoms with Gasteiger partial charge in [-0.1, -0.05) is 68.4 Å². The Balaban J connectivity index is 1.32. The maximum absolute atomic E-state index is 5.58. The molecule has 3 unspecified atom stereocenters. The van der Waals surface area contributed by atoms with E-state index in [9.17, 15) is 0 Å². The fourth-order valence-corrected chi connectivity index (χ4v) is 5.23. The monoisotopic (exact) mass is 413 g/mol. The summed E-state index contributed by atoms with van der Waals surface area (Å²) in [5.74, 6) is 3.54. The summed E-state index contributed by atoms with van der Waals surface area (Å²) < 4.78 is 11.0. The van der Waals surface area contributed by atoms with Crippen LogP contribution in [0, 0.1) is 5.92 Å². The first-order valence-corrected chi connectivity index (χ1v) is 11.4. The zero-order chi connectivity index (χ0) is 21.4. The van der Waals surface area contributed by atoms with Gasteiger partial charge < -0.3 is 14.4 Å². The minimum atomic E-state index is 0.317. The third-order valence-electron chi connectivity index (χ3n) is 7.22. The van der Waals surface area contributed by atoms with Gasteiger partial charge in [0.15, 0.2) is 11.5 Å². The molecule has 0 saturated heterocycles. The third kappa shape index (κ3) is 3.95. The molecule has 0 aromatic heterocycles. The van der Waals surface area contributed by atoms with Crippen LogP contribution in [0.15, 0.2) is 66.7 Å². The van der Waals surface area contributed by atoms with E-state index in [4.69, 9.17) is 9.47 Å². The maximum Gasteiger partial charge on any atom is 0.231 e. The predicted octanol–water partition coefficient (Wildman–Crippen LogP) is 6.44. The van der Waals surface area contributed by atoms with Crippen LogP contribution in [-0.4, -0.2) is 25.3 Å². The van der Waals surface area contributed by atoms with E-state index in [0.29, 0.717) is 24.5 Å². The number of benzene rings is 3. The van der Waals surface area contributed by atoms with Crippen molar-refractivity contribution >= 4 is 0 Å². The van der Waals surface area contributed by atoms with Crippen LogP contribution in [0.4, 0.5) is 0 Å². The smallest absolute Gasteiger partial charge is 0.231 e. The summed E-state index contributed by atoms with van der Waals surface area (Å²) in [7, 11) is 2.24. The molecule has 0 fully saturated rings. The Morgan fingerprint density at radius 1 is 0.839 bits per heavy atom. The standard InChI is InChI=1S/C28H31NO2/c1-19-20(2)26-15-22(23-10-12-27-28(16-23)31-18-30-27)9-11-25(26)24(19)13-14-29(3)17-21-7-5-4-6-8-21/h4-12,15-16,19-20,24H,13-14,17-18H2,1-3H3. The van der Waals surface area contributed by atoms with Gasteiger partial charge in [0.1, 0.15) is 0 Å². The van der Waals surface area contributed by atoms with Crippen molar-refractivity contribution in [3.8, 4) is 22.6 Å². The van der Waals surface area contributed by atoms with Gasteiger partial charge in [0.05, 0.1) is 0 Å². The minimum Gasteiger partial charge on any atom is -0.454 e. The van der Waals surface area contributed by atoms with Crippen molar-refractivity contribution in [3.63, 3.8) is 0 Å². The molecule has 160 valence electrons. The van der Waals surface area contributed by atoms with E-state index in [1.807, 2.05) is 6.07 Å². The third-order valence-corrected chi connectivity index (χ3v) is 7.22. The second kappa shape index (κ2) is 8.39. The first kappa shape index (κ1) is 20.1. The number of ether oxygens (including phenoxy) is 2. The van der Waals surface area contributed by atoms with Gasteiger partial charge in [0.2, 0.25) is 6.79 Å². The predicted molar refractivity (Wildman–Crippen MR) is 126 cm³/mol. The molecule has 1 heterocycles. The summed E-state index contributed by atoms with van der Waals surface area (Å²) in [6, 6.07) is 24.1. The lowest BCUT2D eigenvalue weighted by Crippen LogP contribution is -2.22. The second-order valence-corrected chi connectivity index (χ2v) is 9.18. The molecule has 0 spiro atoms. The summed E-state index contributed by atoms with van der Waals surface area (Å²) >= 11 is 0. The van der Waals surface area contributed by atoms with Crippen molar-refractivity contribution in [1.82, 2.24) is 4.90 Å². The number of rotatable bonds is 6. The molecule has 0 N–H and O–H groups in total. The fraction of sp³-hybridized carbons (Fsp3) is 0.357. The minimum absolute atomic E-state index is 0.317. The van der Waals surface area contributed by atoms with Gasteiger partial charge in [-0.2, -0.15) is 0 Å². The molecule has 2 aliphatic rings. The van der Waals surface area contributed by atoms with E-state index in [-0.39, 0.29) is 0 Å². The SMILES string of the molecule is CC1c2cc(-c3ccc4c(c3)OCO4)ccc2C(CCN(C)Cc2ccccc2)C1C. The Kier molecular flexibility index (Phi) is 5.45. The molecule has 3 heteroatoms. The van der Waals surface area contributed by atoms with Crippen molar-refractivity contribution in [2.24, 2.45) is 5.92 Å². The average Bonchev–Trinajstić information content (AvgIpc) is 3.35. The van der Waals surface area contributed by atoms with Gasteiger partial charge in [-0.25, -0.2) is 0 Å². The number of hydrogen-bond acceptors (Lipinski definition) is 3. The van der Waals surface area contributed by atoms with E-state index in [0.717, 1.165) is 24.6 Å². The fourth-order valence-electron chi connectivity index (χ4n) is 5.23. The number of fused-ring (bicyclic) bond motifs is 2. The van der Waals surface area contributed by atoms with E-state index < -0.39 is 0 Å². The quantitative estimate of drug-likeness (QED) is 0.464. The highest BCUT2D eigenvalue weighted by Gasteiger charge is 2.35. The van der Waals surface area contributed by atoms with Crippen molar-refractivity contribution in [3.05, 3.63) is 83.4 Å². The zero-order valence-corrected chi connectivity index (χ0v) is 18.7. The Morgan fingerprint density at radius 3 is 2.42 bits per heavy atom. The van der Waals surface area contributed by atoms with Crippen LogP contribution in [0.2, 0.25) is 0 Å². The Bertz CT molecular complexity index is 1060. The number of hydrogen-bond donors (Lipinski definition) is 0. The molecule has 3 nitrogen and oxygen atoms in total. The van der Waals surface area contributed by atoms with Crippen molar-refractivity contribution < 1.29 is 9.47 Å². The molecule has 3 aromatic rings. The second-order valence-electron chi connectivity index (χ2n) is 9.18. The van der Waals surface area contributed by atoms with Crippen LogP contribution in [0.25, 0.3) is 11.1 Å². The summed E-state index contributed by atoms with van der Waals surface area (Å²) in [5, 5.41) is 0. The largest absolute Gasteiger partial charge is 0.454 e. The molecule has 3 aromatic carbocycles. The highest BCUT2D eigenvalue weighted by molar-refractivity contribution is 5.69. The molecule has 0 radical (unpaired) electrons. The normalized spacial score (nSPS) is 21.5. The summed E-state index contributed by atoms with van der Waals surface area (Å²) in [6.07, 6.45) is 1.20. The van der Waals surface area contributed by atoms with Gasteiger partial charge in [0, 0.05) is 6.54 Å². The first-order valence-electron chi connectivity index (χ1n) is 11.4. The van der Waals surface area contributed by atoms with Crippen molar-refractivity contribution in [1.29, 1.82) is 0 Å². The van der Waals surface area contributed by atoms with E-state index >= 15 is 0 Å². The van der Waals surface area contributed by atoms with Crippen LogP contribution < -0.4 is 9.47 Å². The Morgan fingerprint density at radius 2 is 1.58 bits per heavy atom. The molecule has 5 rings (SSSR count).